The van der Waals surface area contributed by atoms with Crippen molar-refractivity contribution < 1.29 is 13.9 Å². The normalized spacial score (nSPS) is 10.8. The fraction of sp³-hybridized carbons (Fsp3) is 0.375. The van der Waals surface area contributed by atoms with Gasteiger partial charge in [-0.05, 0) is 40.1 Å². The molecule has 1 aromatic heterocycles. The average Bonchev–Trinajstić information content (AvgIpc) is 2.96. The molecule has 0 bridgehead atoms. The summed E-state index contributed by atoms with van der Waals surface area (Å²) in [5, 5.41) is 7.33. The van der Waals surface area contributed by atoms with Gasteiger partial charge in [0.2, 0.25) is 0 Å². The van der Waals surface area contributed by atoms with Crippen LogP contribution in [0, 0.1) is 5.82 Å². The van der Waals surface area contributed by atoms with Gasteiger partial charge in [0.1, 0.15) is 11.6 Å². The van der Waals surface area contributed by atoms with E-state index in [1.165, 1.54) is 17.7 Å². The molecule has 0 amide bonds. The van der Waals surface area contributed by atoms with Gasteiger partial charge in [0.05, 0.1) is 13.2 Å². The molecule has 0 aliphatic rings. The Kier molecular flexibility index (Phi) is 6.66. The van der Waals surface area contributed by atoms with Crippen molar-refractivity contribution in [3.63, 3.8) is 0 Å². The molecule has 1 aromatic carbocycles. The Balaban J connectivity index is 1.82. The van der Waals surface area contributed by atoms with E-state index < -0.39 is 0 Å². The Morgan fingerprint density at radius 3 is 2.86 bits per heavy atom. The average molecular weight is 309 g/mol. The standard InChI is InChI=1S/C16H20FNO2S/c1-19-6-4-18-11-14-8-15(17)10-16(9-14)20-5-2-13-3-7-21-12-13/h3,7-10,12,18H,2,4-6,11H2,1H3. The van der Waals surface area contributed by atoms with Crippen LogP contribution in [0.5, 0.6) is 5.75 Å². The molecule has 2 rings (SSSR count). The molecule has 2 aromatic rings. The first kappa shape index (κ1) is 15.9. The summed E-state index contributed by atoms with van der Waals surface area (Å²) < 4.78 is 24.2. The number of rotatable bonds is 9. The summed E-state index contributed by atoms with van der Waals surface area (Å²) >= 11 is 1.67. The molecule has 0 aliphatic carbocycles. The summed E-state index contributed by atoms with van der Waals surface area (Å²) in [7, 11) is 1.66. The van der Waals surface area contributed by atoms with Crippen molar-refractivity contribution in [2.45, 2.75) is 13.0 Å². The van der Waals surface area contributed by atoms with E-state index >= 15 is 0 Å². The number of ether oxygens (including phenoxy) is 2. The van der Waals surface area contributed by atoms with Crippen molar-refractivity contribution in [2.24, 2.45) is 0 Å². The van der Waals surface area contributed by atoms with E-state index in [0.717, 1.165) is 18.5 Å². The van der Waals surface area contributed by atoms with Gasteiger partial charge in [-0.2, -0.15) is 11.3 Å². The fourth-order valence-electron chi connectivity index (χ4n) is 1.93. The van der Waals surface area contributed by atoms with E-state index in [2.05, 4.69) is 16.8 Å². The molecule has 0 aliphatic heterocycles. The Hall–Kier alpha value is -1.43. The molecule has 0 saturated heterocycles. The molecule has 114 valence electrons. The van der Waals surface area contributed by atoms with Crippen molar-refractivity contribution in [3.05, 3.63) is 52.0 Å². The largest absolute Gasteiger partial charge is 0.493 e. The molecule has 0 unspecified atom stereocenters. The SMILES string of the molecule is COCCNCc1cc(F)cc(OCCc2ccsc2)c1. The molecule has 1 N–H and O–H groups in total. The fourth-order valence-corrected chi connectivity index (χ4v) is 2.64. The lowest BCUT2D eigenvalue weighted by Crippen LogP contribution is -2.18. The third-order valence-electron chi connectivity index (χ3n) is 2.98. The van der Waals surface area contributed by atoms with Crippen LogP contribution in [0.25, 0.3) is 0 Å². The maximum absolute atomic E-state index is 13.6. The third-order valence-corrected chi connectivity index (χ3v) is 3.71. The van der Waals surface area contributed by atoms with Gasteiger partial charge in [0.25, 0.3) is 0 Å². The smallest absolute Gasteiger partial charge is 0.127 e. The van der Waals surface area contributed by atoms with Crippen LogP contribution in [0.4, 0.5) is 4.39 Å². The molecule has 0 fully saturated rings. The molecular weight excluding hydrogens is 289 g/mol. The zero-order valence-corrected chi connectivity index (χ0v) is 12.9. The summed E-state index contributed by atoms with van der Waals surface area (Å²) in [5.41, 5.74) is 2.12. The lowest BCUT2D eigenvalue weighted by molar-refractivity contribution is 0.199. The van der Waals surface area contributed by atoms with Crippen molar-refractivity contribution in [2.75, 3.05) is 26.9 Å². The van der Waals surface area contributed by atoms with Gasteiger partial charge in [-0.1, -0.05) is 0 Å². The van der Waals surface area contributed by atoms with Crippen LogP contribution in [0.3, 0.4) is 0 Å². The minimum Gasteiger partial charge on any atom is -0.493 e. The molecule has 0 atom stereocenters. The van der Waals surface area contributed by atoms with Crippen LogP contribution in [0.15, 0.2) is 35.0 Å². The Labute approximate surface area is 128 Å². The predicted molar refractivity (Wildman–Crippen MR) is 83.5 cm³/mol. The second-order valence-electron chi connectivity index (χ2n) is 4.69. The van der Waals surface area contributed by atoms with Gasteiger partial charge in [-0.25, -0.2) is 4.39 Å². The second kappa shape index (κ2) is 8.77. The number of thiophene rings is 1. The maximum Gasteiger partial charge on any atom is 0.127 e. The van der Waals surface area contributed by atoms with Crippen LogP contribution in [0.1, 0.15) is 11.1 Å². The topological polar surface area (TPSA) is 30.5 Å². The molecule has 21 heavy (non-hydrogen) atoms. The highest BCUT2D eigenvalue weighted by molar-refractivity contribution is 7.07. The van der Waals surface area contributed by atoms with Gasteiger partial charge < -0.3 is 14.8 Å². The van der Waals surface area contributed by atoms with Crippen LogP contribution >= 0.6 is 11.3 Å². The Bertz CT molecular complexity index is 531. The van der Waals surface area contributed by atoms with E-state index in [9.17, 15) is 4.39 Å². The number of benzene rings is 1. The Morgan fingerprint density at radius 1 is 1.19 bits per heavy atom. The molecule has 0 saturated carbocycles. The molecule has 0 spiro atoms. The first-order chi connectivity index (χ1) is 10.3. The lowest BCUT2D eigenvalue weighted by Gasteiger charge is -2.09. The molecule has 3 nitrogen and oxygen atoms in total. The summed E-state index contributed by atoms with van der Waals surface area (Å²) in [4.78, 5) is 0. The molecule has 1 heterocycles. The first-order valence-corrected chi connectivity index (χ1v) is 7.85. The summed E-state index contributed by atoms with van der Waals surface area (Å²) in [5.74, 6) is 0.306. The zero-order valence-electron chi connectivity index (χ0n) is 12.1. The van der Waals surface area contributed by atoms with Crippen LogP contribution in [-0.2, 0) is 17.7 Å². The Morgan fingerprint density at radius 2 is 2.10 bits per heavy atom. The van der Waals surface area contributed by atoms with Crippen LogP contribution < -0.4 is 10.1 Å². The minimum atomic E-state index is -0.272. The summed E-state index contributed by atoms with van der Waals surface area (Å²) in [6, 6.07) is 6.89. The first-order valence-electron chi connectivity index (χ1n) is 6.91. The third kappa shape index (κ3) is 5.83. The van der Waals surface area contributed by atoms with Gasteiger partial charge in [0.15, 0.2) is 0 Å². The van der Waals surface area contributed by atoms with E-state index in [4.69, 9.17) is 9.47 Å². The molecule has 0 radical (unpaired) electrons. The van der Waals surface area contributed by atoms with Gasteiger partial charge in [-0.15, -0.1) is 0 Å². The monoisotopic (exact) mass is 309 g/mol. The number of hydrogen-bond acceptors (Lipinski definition) is 4. The van der Waals surface area contributed by atoms with E-state index in [1.807, 2.05) is 11.4 Å². The number of nitrogens with one attached hydrogen (secondary N) is 1. The number of hydrogen-bond donors (Lipinski definition) is 1. The van der Waals surface area contributed by atoms with Crippen molar-refractivity contribution in [1.82, 2.24) is 5.32 Å². The van der Waals surface area contributed by atoms with Crippen molar-refractivity contribution in [3.8, 4) is 5.75 Å². The zero-order chi connectivity index (χ0) is 14.9. The van der Waals surface area contributed by atoms with Crippen molar-refractivity contribution in [1.29, 1.82) is 0 Å². The predicted octanol–water partition coefficient (Wildman–Crippen LogP) is 3.24. The highest BCUT2D eigenvalue weighted by atomic mass is 32.1. The van der Waals surface area contributed by atoms with E-state index in [0.29, 0.717) is 25.5 Å². The second-order valence-corrected chi connectivity index (χ2v) is 5.47. The number of halogens is 1. The molecular formula is C16H20FNO2S. The van der Waals surface area contributed by atoms with E-state index in [1.54, 1.807) is 18.4 Å². The highest BCUT2D eigenvalue weighted by Crippen LogP contribution is 2.17. The molecule has 5 heteroatoms. The van der Waals surface area contributed by atoms with Gasteiger partial charge in [-0.3, -0.25) is 0 Å². The lowest BCUT2D eigenvalue weighted by atomic mass is 10.2. The van der Waals surface area contributed by atoms with Gasteiger partial charge >= 0.3 is 0 Å². The van der Waals surface area contributed by atoms with Crippen LogP contribution in [-0.4, -0.2) is 26.9 Å². The quantitative estimate of drug-likeness (QED) is 0.721. The number of methoxy groups -OCH3 is 1. The maximum atomic E-state index is 13.6. The van der Waals surface area contributed by atoms with Gasteiger partial charge in [0, 0.05) is 32.7 Å². The highest BCUT2D eigenvalue weighted by Gasteiger charge is 2.03. The summed E-state index contributed by atoms with van der Waals surface area (Å²) in [6.07, 6.45) is 0.835. The van der Waals surface area contributed by atoms with Crippen molar-refractivity contribution >= 4 is 11.3 Å². The van der Waals surface area contributed by atoms with E-state index in [-0.39, 0.29) is 5.82 Å². The summed E-state index contributed by atoms with van der Waals surface area (Å²) in [6.45, 7) is 2.53. The van der Waals surface area contributed by atoms with Crippen LogP contribution in [0.2, 0.25) is 0 Å². The minimum absolute atomic E-state index is 0.272.